The Morgan fingerprint density at radius 1 is 1.31 bits per heavy atom. The molecule has 1 aliphatic rings. The van der Waals surface area contributed by atoms with Gasteiger partial charge in [-0.05, 0) is 48.8 Å². The van der Waals surface area contributed by atoms with Gasteiger partial charge in [-0.2, -0.15) is 9.40 Å². The quantitative estimate of drug-likeness (QED) is 0.466. The molecule has 0 atom stereocenters. The molecule has 0 spiro atoms. The van der Waals surface area contributed by atoms with Crippen molar-refractivity contribution >= 4 is 34.2 Å². The van der Waals surface area contributed by atoms with E-state index in [2.05, 4.69) is 15.5 Å². The lowest BCUT2D eigenvalue weighted by molar-refractivity contribution is -0.116. The predicted molar refractivity (Wildman–Crippen MR) is 113 cm³/mol. The van der Waals surface area contributed by atoms with E-state index >= 15 is 0 Å². The minimum Gasteiger partial charge on any atom is -0.345 e. The molecular weight excluding hydrogens is 410 g/mol. The highest BCUT2D eigenvalue weighted by atomic mass is 32.2. The molecule has 1 saturated carbocycles. The number of carbonyl (C=O) groups excluding carboxylic acids is 1. The van der Waals surface area contributed by atoms with Crippen LogP contribution in [0.4, 0.5) is 0 Å². The van der Waals surface area contributed by atoms with E-state index in [-0.39, 0.29) is 17.3 Å². The third-order valence-corrected chi connectivity index (χ3v) is 7.11. The number of rotatable bonds is 9. The molecule has 10 heteroatoms. The van der Waals surface area contributed by atoms with Crippen molar-refractivity contribution in [3.63, 3.8) is 0 Å². The van der Waals surface area contributed by atoms with Gasteiger partial charge in [0, 0.05) is 25.2 Å². The molecule has 1 aromatic carbocycles. The standard InChI is InChI=1S/C19H25N5O3S2/c1-3-23(4-2)29(26,27)16-10-5-14(6-11-16)7-12-18(25)20-13-17-21-22-19(28)24(17)15-8-9-15/h5-7,10-12,15H,3-4,8-9,13H2,1-2H3,(H,20,25)(H,22,28)/b12-7+. The number of hydrogen-bond acceptors (Lipinski definition) is 5. The minimum absolute atomic E-state index is 0.241. The first-order chi connectivity index (χ1) is 13.9. The van der Waals surface area contributed by atoms with Crippen LogP contribution in [-0.4, -0.2) is 46.5 Å². The first-order valence-corrected chi connectivity index (χ1v) is 11.4. The van der Waals surface area contributed by atoms with Crippen LogP contribution < -0.4 is 5.32 Å². The summed E-state index contributed by atoms with van der Waals surface area (Å²) in [4.78, 5) is 12.4. The number of carbonyl (C=O) groups is 1. The average Bonchev–Trinajstić information content (AvgIpc) is 3.48. The zero-order chi connectivity index (χ0) is 21.0. The summed E-state index contributed by atoms with van der Waals surface area (Å²) < 4.78 is 28.9. The van der Waals surface area contributed by atoms with Gasteiger partial charge in [-0.1, -0.05) is 26.0 Å². The van der Waals surface area contributed by atoms with Gasteiger partial charge in [0.1, 0.15) is 0 Å². The molecule has 1 heterocycles. The topological polar surface area (TPSA) is 100 Å². The van der Waals surface area contributed by atoms with Crippen molar-refractivity contribution < 1.29 is 13.2 Å². The second kappa shape index (κ2) is 9.02. The van der Waals surface area contributed by atoms with Gasteiger partial charge in [-0.15, -0.1) is 0 Å². The first-order valence-electron chi connectivity index (χ1n) is 9.58. The Labute approximate surface area is 175 Å². The largest absolute Gasteiger partial charge is 0.345 e. The number of amides is 1. The normalized spacial score (nSPS) is 14.6. The van der Waals surface area contributed by atoms with Crippen molar-refractivity contribution in [2.45, 2.75) is 44.2 Å². The zero-order valence-electron chi connectivity index (χ0n) is 16.5. The van der Waals surface area contributed by atoms with Crippen LogP contribution in [0.1, 0.15) is 44.1 Å². The summed E-state index contributed by atoms with van der Waals surface area (Å²) in [6, 6.07) is 6.85. The van der Waals surface area contributed by atoms with Gasteiger partial charge in [0.05, 0.1) is 11.4 Å². The van der Waals surface area contributed by atoms with E-state index in [0.717, 1.165) is 18.4 Å². The van der Waals surface area contributed by atoms with Gasteiger partial charge < -0.3 is 5.32 Å². The Morgan fingerprint density at radius 2 is 1.97 bits per heavy atom. The molecule has 2 N–H and O–H groups in total. The van der Waals surface area contributed by atoms with Crippen LogP contribution in [-0.2, 0) is 21.4 Å². The molecule has 0 aliphatic heterocycles. The molecule has 2 aromatic rings. The molecule has 0 saturated heterocycles. The van der Waals surface area contributed by atoms with E-state index in [1.54, 1.807) is 44.2 Å². The Bertz CT molecular complexity index is 1050. The van der Waals surface area contributed by atoms with Crippen LogP contribution in [0.15, 0.2) is 35.2 Å². The Kier molecular flexibility index (Phi) is 6.66. The number of sulfonamides is 1. The van der Waals surface area contributed by atoms with Crippen LogP contribution in [0.5, 0.6) is 0 Å². The molecule has 1 aromatic heterocycles. The lowest BCUT2D eigenvalue weighted by Crippen LogP contribution is -2.30. The summed E-state index contributed by atoms with van der Waals surface area (Å²) in [5.74, 6) is 0.450. The molecule has 1 amide bonds. The fourth-order valence-corrected chi connectivity index (χ4v) is 4.79. The molecule has 0 radical (unpaired) electrons. The van der Waals surface area contributed by atoms with Gasteiger partial charge in [0.15, 0.2) is 10.6 Å². The molecule has 1 fully saturated rings. The molecule has 8 nitrogen and oxygen atoms in total. The summed E-state index contributed by atoms with van der Waals surface area (Å²) >= 11 is 5.22. The van der Waals surface area contributed by atoms with Gasteiger partial charge in [-0.3, -0.25) is 14.5 Å². The van der Waals surface area contributed by atoms with Gasteiger partial charge in [0.2, 0.25) is 15.9 Å². The third kappa shape index (κ3) is 5.01. The van der Waals surface area contributed by atoms with Crippen molar-refractivity contribution in [2.75, 3.05) is 13.1 Å². The number of aromatic amines is 1. The second-order valence-corrected chi connectivity index (χ2v) is 9.08. The van der Waals surface area contributed by atoms with E-state index in [0.29, 0.717) is 29.7 Å². The van der Waals surface area contributed by atoms with Crippen molar-refractivity contribution in [1.29, 1.82) is 0 Å². The van der Waals surface area contributed by atoms with E-state index < -0.39 is 10.0 Å². The van der Waals surface area contributed by atoms with Crippen LogP contribution in [0.3, 0.4) is 0 Å². The number of aromatic nitrogens is 3. The molecule has 29 heavy (non-hydrogen) atoms. The number of H-pyrrole nitrogens is 1. The van der Waals surface area contributed by atoms with Crippen molar-refractivity contribution in [3.8, 4) is 0 Å². The highest BCUT2D eigenvalue weighted by molar-refractivity contribution is 7.89. The lowest BCUT2D eigenvalue weighted by Gasteiger charge is -2.18. The van der Waals surface area contributed by atoms with Crippen molar-refractivity contribution in [1.82, 2.24) is 24.4 Å². The molecular formula is C19H25N5O3S2. The maximum atomic E-state index is 12.5. The third-order valence-electron chi connectivity index (χ3n) is 4.76. The number of benzene rings is 1. The van der Waals surface area contributed by atoms with Gasteiger partial charge in [-0.25, -0.2) is 8.42 Å². The van der Waals surface area contributed by atoms with Crippen LogP contribution in [0.25, 0.3) is 6.08 Å². The van der Waals surface area contributed by atoms with Gasteiger partial charge >= 0.3 is 0 Å². The second-order valence-electron chi connectivity index (χ2n) is 6.76. The monoisotopic (exact) mass is 435 g/mol. The van der Waals surface area contributed by atoms with Crippen LogP contribution >= 0.6 is 12.2 Å². The maximum absolute atomic E-state index is 12.5. The van der Waals surface area contributed by atoms with E-state index in [9.17, 15) is 13.2 Å². The molecule has 3 rings (SSSR count). The molecule has 1 aliphatic carbocycles. The number of nitrogens with zero attached hydrogens (tertiary/aromatic N) is 3. The van der Waals surface area contributed by atoms with Crippen LogP contribution in [0.2, 0.25) is 0 Å². The van der Waals surface area contributed by atoms with Crippen molar-refractivity contribution in [2.24, 2.45) is 0 Å². The fourth-order valence-electron chi connectivity index (χ4n) is 3.03. The number of hydrogen-bond donors (Lipinski definition) is 2. The minimum atomic E-state index is -3.48. The average molecular weight is 436 g/mol. The summed E-state index contributed by atoms with van der Waals surface area (Å²) in [6.45, 7) is 4.74. The van der Waals surface area contributed by atoms with E-state index in [1.165, 1.54) is 10.4 Å². The summed E-state index contributed by atoms with van der Waals surface area (Å²) in [6.07, 6.45) is 5.21. The Hall–Kier alpha value is -2.30. The highest BCUT2D eigenvalue weighted by Crippen LogP contribution is 2.35. The summed E-state index contributed by atoms with van der Waals surface area (Å²) in [7, 11) is -3.48. The van der Waals surface area contributed by atoms with Crippen molar-refractivity contribution in [3.05, 3.63) is 46.5 Å². The number of nitrogens with one attached hydrogen (secondary N) is 2. The molecule has 156 valence electrons. The lowest BCUT2D eigenvalue weighted by atomic mass is 10.2. The van der Waals surface area contributed by atoms with E-state index in [1.807, 2.05) is 4.57 Å². The molecule has 0 unspecified atom stereocenters. The van der Waals surface area contributed by atoms with Crippen LogP contribution in [0, 0.1) is 4.77 Å². The first kappa shape index (κ1) is 21.4. The van der Waals surface area contributed by atoms with Gasteiger partial charge in [0.25, 0.3) is 0 Å². The SMILES string of the molecule is CCN(CC)S(=O)(=O)c1ccc(/C=C/C(=O)NCc2n[nH]c(=S)n2C2CC2)cc1. The van der Waals surface area contributed by atoms with E-state index in [4.69, 9.17) is 12.2 Å². The summed E-state index contributed by atoms with van der Waals surface area (Å²) in [5.41, 5.74) is 0.735. The fraction of sp³-hybridized carbons (Fsp3) is 0.421. The zero-order valence-corrected chi connectivity index (χ0v) is 18.1. The predicted octanol–water partition coefficient (Wildman–Crippen LogP) is 2.64. The smallest absolute Gasteiger partial charge is 0.244 e. The highest BCUT2D eigenvalue weighted by Gasteiger charge is 2.27. The summed E-state index contributed by atoms with van der Waals surface area (Å²) in [5, 5.41) is 9.74. The Morgan fingerprint density at radius 3 is 2.55 bits per heavy atom. The molecule has 0 bridgehead atoms. The maximum Gasteiger partial charge on any atom is 0.244 e. The Balaban J connectivity index is 1.60.